The first-order valence-corrected chi connectivity index (χ1v) is 16.1. The summed E-state index contributed by atoms with van der Waals surface area (Å²) in [6.45, 7) is 0.956. The quantitative estimate of drug-likeness (QED) is 0.0461. The SMILES string of the molecule is O=S(=O)(O)CCCN1C(=Cc2sc3ccc(Cl)cc3[n+]2CCCSOOO)Oc2ccc(-c3ccccc3)cc21. The summed E-state index contributed by atoms with van der Waals surface area (Å²) >= 11 is 8.90. The Morgan fingerprint density at radius 2 is 1.90 bits per heavy atom. The van der Waals surface area contributed by atoms with Crippen molar-refractivity contribution < 1.29 is 36.9 Å². The van der Waals surface area contributed by atoms with Crippen molar-refractivity contribution in [1.29, 1.82) is 0 Å². The Kier molecular flexibility index (Phi) is 9.28. The molecule has 2 heterocycles. The van der Waals surface area contributed by atoms with Gasteiger partial charge in [0.2, 0.25) is 11.4 Å². The molecule has 40 heavy (non-hydrogen) atoms. The number of aromatic nitrogens is 1. The molecule has 0 bridgehead atoms. The van der Waals surface area contributed by atoms with Crippen LogP contribution in [-0.4, -0.2) is 36.3 Å². The first-order valence-electron chi connectivity index (χ1n) is 12.4. The molecule has 1 aliphatic rings. The molecule has 0 radical (unpaired) electrons. The van der Waals surface area contributed by atoms with E-state index in [0.717, 1.165) is 44.1 Å². The minimum Gasteiger partial charge on any atom is -0.438 e. The van der Waals surface area contributed by atoms with Gasteiger partial charge in [0.25, 0.3) is 15.1 Å². The number of rotatable bonds is 12. The number of thiazole rings is 1. The van der Waals surface area contributed by atoms with Crippen LogP contribution in [0.5, 0.6) is 5.75 Å². The fourth-order valence-electron chi connectivity index (χ4n) is 4.51. The van der Waals surface area contributed by atoms with Crippen molar-refractivity contribution >= 4 is 67.1 Å². The summed E-state index contributed by atoms with van der Waals surface area (Å²) in [5.41, 5.74) is 3.83. The lowest BCUT2D eigenvalue weighted by Crippen LogP contribution is -2.36. The number of anilines is 1. The Labute approximate surface area is 245 Å². The second-order valence-corrected chi connectivity index (χ2v) is 12.8. The maximum absolute atomic E-state index is 11.4. The number of hydrogen-bond acceptors (Lipinski definition) is 9. The highest BCUT2D eigenvalue weighted by Gasteiger charge is 2.30. The lowest BCUT2D eigenvalue weighted by Gasteiger charge is -2.18. The number of hydrogen-bond donors (Lipinski definition) is 2. The number of fused-ring (bicyclic) bond motifs is 2. The van der Waals surface area contributed by atoms with Crippen LogP contribution in [0.4, 0.5) is 5.69 Å². The van der Waals surface area contributed by atoms with Crippen LogP contribution in [-0.2, 0) is 26.0 Å². The van der Waals surface area contributed by atoms with Gasteiger partial charge in [0.15, 0.2) is 12.3 Å². The largest absolute Gasteiger partial charge is 0.438 e. The number of nitrogens with zero attached hydrogens (tertiary/aromatic N) is 2. The molecule has 2 N–H and O–H groups in total. The molecule has 1 aromatic heterocycles. The third-order valence-electron chi connectivity index (χ3n) is 6.25. The van der Waals surface area contributed by atoms with E-state index in [1.165, 1.54) is 0 Å². The van der Waals surface area contributed by atoms with E-state index in [0.29, 0.717) is 41.9 Å². The van der Waals surface area contributed by atoms with Gasteiger partial charge in [0.1, 0.15) is 4.70 Å². The minimum atomic E-state index is -4.10. The van der Waals surface area contributed by atoms with E-state index >= 15 is 0 Å². The molecule has 0 atom stereocenters. The first kappa shape index (κ1) is 28.8. The highest BCUT2D eigenvalue weighted by Crippen LogP contribution is 2.42. The molecule has 3 aromatic carbocycles. The molecule has 0 spiro atoms. The Morgan fingerprint density at radius 3 is 2.67 bits per heavy atom. The summed E-state index contributed by atoms with van der Waals surface area (Å²) < 4.78 is 46.2. The lowest BCUT2D eigenvalue weighted by atomic mass is 10.0. The highest BCUT2D eigenvalue weighted by molar-refractivity contribution is 7.94. The van der Waals surface area contributed by atoms with E-state index in [9.17, 15) is 13.0 Å². The lowest BCUT2D eigenvalue weighted by molar-refractivity contribution is -0.668. The van der Waals surface area contributed by atoms with E-state index in [1.807, 2.05) is 77.7 Å². The second kappa shape index (κ2) is 12.9. The summed E-state index contributed by atoms with van der Waals surface area (Å²) in [7, 11) is -4.10. The number of ether oxygens (including phenoxy) is 1. The van der Waals surface area contributed by atoms with Gasteiger partial charge in [-0.3, -0.25) is 4.55 Å². The molecular weight excluding hydrogens is 596 g/mol. The van der Waals surface area contributed by atoms with Crippen molar-refractivity contribution in [3.63, 3.8) is 0 Å². The summed E-state index contributed by atoms with van der Waals surface area (Å²) in [5, 5.41) is 13.6. The van der Waals surface area contributed by atoms with Crippen LogP contribution >= 0.6 is 35.0 Å². The Balaban J connectivity index is 1.51. The third-order valence-corrected chi connectivity index (χ3v) is 9.01. The average Bonchev–Trinajstić information content (AvgIpc) is 3.45. The van der Waals surface area contributed by atoms with Crippen LogP contribution in [0.25, 0.3) is 27.4 Å². The predicted molar refractivity (Wildman–Crippen MR) is 158 cm³/mol. The predicted octanol–water partition coefficient (Wildman–Crippen LogP) is 6.44. The second-order valence-electron chi connectivity index (χ2n) is 8.95. The minimum absolute atomic E-state index is 0.209. The van der Waals surface area contributed by atoms with Gasteiger partial charge in [-0.25, -0.2) is 5.26 Å². The highest BCUT2D eigenvalue weighted by atomic mass is 35.5. The maximum atomic E-state index is 11.4. The van der Waals surface area contributed by atoms with E-state index < -0.39 is 10.1 Å². The normalized spacial score (nSPS) is 14.2. The molecule has 0 saturated carbocycles. The monoisotopic (exact) mass is 621 g/mol. The fourth-order valence-corrected chi connectivity index (χ4v) is 6.62. The molecule has 0 saturated heterocycles. The van der Waals surface area contributed by atoms with Gasteiger partial charge in [-0.2, -0.15) is 13.0 Å². The van der Waals surface area contributed by atoms with Gasteiger partial charge in [-0.1, -0.05) is 64.4 Å². The topological polar surface area (TPSA) is 109 Å². The van der Waals surface area contributed by atoms with Crippen molar-refractivity contribution in [3.8, 4) is 16.9 Å². The van der Waals surface area contributed by atoms with Crippen molar-refractivity contribution in [2.24, 2.45) is 0 Å². The zero-order valence-electron chi connectivity index (χ0n) is 21.1. The van der Waals surface area contributed by atoms with E-state index in [1.54, 1.807) is 11.3 Å². The van der Waals surface area contributed by atoms with Crippen LogP contribution in [0.1, 0.15) is 17.8 Å². The Bertz CT molecular complexity index is 1630. The molecule has 4 aromatic rings. The molecule has 0 unspecified atom stereocenters. The number of benzene rings is 3. The van der Waals surface area contributed by atoms with Gasteiger partial charge in [0, 0.05) is 41.9 Å². The van der Waals surface area contributed by atoms with Crippen LogP contribution in [0, 0.1) is 0 Å². The molecular formula is C27H26ClN2O7S3+. The molecule has 1 aliphatic heterocycles. The summed E-state index contributed by atoms with van der Waals surface area (Å²) in [4.78, 5) is 1.94. The number of aryl methyl sites for hydroxylation is 1. The molecule has 9 nitrogen and oxygen atoms in total. The zero-order chi connectivity index (χ0) is 28.1. The van der Waals surface area contributed by atoms with Gasteiger partial charge in [0.05, 0.1) is 17.5 Å². The standard InChI is InChI=1S/C27H25ClN2O7S3/c28-21-9-11-25-23(17-21)30(12-4-14-38-37-36-31)27(39-25)18-26-29(13-5-15-40(32,33)34)22-16-20(8-10-24(22)35-26)19-6-2-1-3-7-19/h1-3,6-11,16-18H,4-5,12-15H2,(H-,31,32,33,34)/p+1. The fraction of sp³-hybridized carbons (Fsp3) is 0.222. The third kappa shape index (κ3) is 6.96. The summed E-state index contributed by atoms with van der Waals surface area (Å²) in [5.74, 6) is 1.43. The van der Waals surface area contributed by atoms with Gasteiger partial charge in [-0.15, -0.1) is 4.33 Å². The maximum Gasteiger partial charge on any atom is 0.268 e. The zero-order valence-corrected chi connectivity index (χ0v) is 24.3. The molecule has 0 amide bonds. The molecule has 210 valence electrons. The van der Waals surface area contributed by atoms with E-state index in [4.69, 9.17) is 21.6 Å². The smallest absolute Gasteiger partial charge is 0.268 e. The van der Waals surface area contributed by atoms with Crippen molar-refractivity contribution in [2.75, 3.05) is 23.0 Å². The van der Waals surface area contributed by atoms with E-state index in [-0.39, 0.29) is 12.2 Å². The van der Waals surface area contributed by atoms with Crippen molar-refractivity contribution in [1.82, 2.24) is 0 Å². The molecule has 0 fully saturated rings. The van der Waals surface area contributed by atoms with E-state index in [2.05, 4.69) is 13.9 Å². The summed E-state index contributed by atoms with van der Waals surface area (Å²) in [6, 6.07) is 21.6. The summed E-state index contributed by atoms with van der Waals surface area (Å²) in [6.07, 6.45) is 2.86. The Hall–Kier alpha value is -2.68. The molecule has 0 aliphatic carbocycles. The molecule has 5 rings (SSSR count). The van der Waals surface area contributed by atoms with Gasteiger partial charge in [-0.05, 0) is 41.8 Å². The van der Waals surface area contributed by atoms with Gasteiger partial charge >= 0.3 is 0 Å². The van der Waals surface area contributed by atoms with Crippen LogP contribution < -0.4 is 14.2 Å². The van der Waals surface area contributed by atoms with Crippen molar-refractivity contribution in [3.05, 3.63) is 82.6 Å². The van der Waals surface area contributed by atoms with Gasteiger partial charge < -0.3 is 9.64 Å². The number of halogens is 1. The van der Waals surface area contributed by atoms with Crippen LogP contribution in [0.15, 0.2) is 72.6 Å². The molecule has 13 heteroatoms. The average molecular weight is 622 g/mol. The first-order chi connectivity index (χ1) is 19.3. The Morgan fingerprint density at radius 1 is 1.07 bits per heavy atom. The van der Waals surface area contributed by atoms with Crippen LogP contribution in [0.2, 0.25) is 5.02 Å². The van der Waals surface area contributed by atoms with Crippen LogP contribution in [0.3, 0.4) is 0 Å². The van der Waals surface area contributed by atoms with Crippen molar-refractivity contribution in [2.45, 2.75) is 19.4 Å².